The highest BCUT2D eigenvalue weighted by atomic mass is 32.2. The summed E-state index contributed by atoms with van der Waals surface area (Å²) in [6.45, 7) is 2.23. The Morgan fingerprint density at radius 3 is 2.84 bits per heavy atom. The molecule has 4 heterocycles. The zero-order valence-corrected chi connectivity index (χ0v) is 21.9. The number of hydrogen-bond donors (Lipinski definition) is 2. The van der Waals surface area contributed by atoms with Gasteiger partial charge in [-0.2, -0.15) is 14.0 Å². The number of amides is 2. The number of aromatic nitrogens is 4. The standard InChI is InChI=1S/C22H26N8O5S2/c1-3-35-26-14(17-25-22(23)37-27-17)18(31)24-15-19(32)30-16(21(33)34)12(10-36-20(15)30)9-29-8-11-6-4-5-7-13(11)28(29)2/h8,15,20H,3-7,9-10H2,1-2H3,(H3-,23,24,25,27,31,33,34)/t15?,20-/m1/s1. The Morgan fingerprint density at radius 2 is 2.16 bits per heavy atom. The summed E-state index contributed by atoms with van der Waals surface area (Å²) >= 11 is 2.28. The molecule has 0 bridgehead atoms. The Balaban J connectivity index is 1.35. The second-order valence-electron chi connectivity index (χ2n) is 8.84. The first kappa shape index (κ1) is 25.2. The summed E-state index contributed by atoms with van der Waals surface area (Å²) in [5.41, 5.74) is 8.39. The number of aliphatic carboxylic acids is 1. The van der Waals surface area contributed by atoms with Gasteiger partial charge in [0.05, 0.1) is 24.4 Å². The molecule has 2 aromatic heterocycles. The van der Waals surface area contributed by atoms with E-state index in [0.717, 1.165) is 37.2 Å². The average molecular weight is 547 g/mol. The molecule has 2 aromatic rings. The Labute approximate surface area is 220 Å². The summed E-state index contributed by atoms with van der Waals surface area (Å²) < 4.78 is 8.04. The van der Waals surface area contributed by atoms with Crippen LogP contribution in [0, 0.1) is 0 Å². The molecule has 1 unspecified atom stereocenters. The third-order valence-electron chi connectivity index (χ3n) is 6.59. The van der Waals surface area contributed by atoms with Crippen LogP contribution in [-0.4, -0.2) is 66.2 Å². The number of thioether (sulfide) groups is 1. The molecule has 0 aromatic carbocycles. The van der Waals surface area contributed by atoms with E-state index in [9.17, 15) is 19.5 Å². The Bertz CT molecular complexity index is 1330. The lowest BCUT2D eigenvalue weighted by Crippen LogP contribution is -2.71. The van der Waals surface area contributed by atoms with Crippen molar-refractivity contribution >= 4 is 51.9 Å². The van der Waals surface area contributed by atoms with Crippen molar-refractivity contribution in [3.63, 3.8) is 0 Å². The number of carboxylic acids is 1. The van der Waals surface area contributed by atoms with Crippen LogP contribution < -0.4 is 20.8 Å². The molecular weight excluding hydrogens is 520 g/mol. The van der Waals surface area contributed by atoms with Gasteiger partial charge in [0.2, 0.25) is 11.5 Å². The Morgan fingerprint density at radius 1 is 1.38 bits per heavy atom. The van der Waals surface area contributed by atoms with Crippen molar-refractivity contribution in [2.45, 2.75) is 50.6 Å². The zero-order chi connectivity index (χ0) is 26.3. The summed E-state index contributed by atoms with van der Waals surface area (Å²) in [5, 5.41) is 18.1. The molecule has 13 nitrogen and oxygen atoms in total. The number of nitrogens with two attached hydrogens (primary N) is 1. The van der Waals surface area contributed by atoms with Crippen LogP contribution in [-0.2, 0) is 45.7 Å². The summed E-state index contributed by atoms with van der Waals surface area (Å²) in [5.74, 6) is -2.33. The van der Waals surface area contributed by atoms with E-state index in [4.69, 9.17) is 10.6 Å². The van der Waals surface area contributed by atoms with Crippen LogP contribution in [0.15, 0.2) is 22.6 Å². The largest absolute Gasteiger partial charge is 0.543 e. The molecule has 3 aliphatic rings. The number of hydrogen-bond acceptors (Lipinski definition) is 11. The van der Waals surface area contributed by atoms with Crippen molar-refractivity contribution in [1.82, 2.24) is 24.3 Å². The molecular formula is C22H26N8O5S2. The van der Waals surface area contributed by atoms with Crippen molar-refractivity contribution in [3.05, 3.63) is 34.5 Å². The van der Waals surface area contributed by atoms with Gasteiger partial charge in [0.25, 0.3) is 11.8 Å². The van der Waals surface area contributed by atoms with Gasteiger partial charge in [0.15, 0.2) is 17.9 Å². The summed E-state index contributed by atoms with van der Waals surface area (Å²) in [6, 6.07) is -0.953. The second-order valence-corrected chi connectivity index (χ2v) is 10.7. The van der Waals surface area contributed by atoms with Gasteiger partial charge < -0.3 is 25.8 Å². The van der Waals surface area contributed by atoms with Gasteiger partial charge in [0, 0.05) is 28.4 Å². The van der Waals surface area contributed by atoms with E-state index in [1.54, 1.807) is 6.92 Å². The first-order valence-electron chi connectivity index (χ1n) is 11.9. The number of nitrogen functional groups attached to an aromatic ring is 1. The maximum atomic E-state index is 13.1. The predicted octanol–water partition coefficient (Wildman–Crippen LogP) is -1.53. The fourth-order valence-electron chi connectivity index (χ4n) is 4.84. The molecule has 196 valence electrons. The van der Waals surface area contributed by atoms with E-state index in [0.29, 0.717) is 17.9 Å². The smallest absolute Gasteiger partial charge is 0.278 e. The van der Waals surface area contributed by atoms with Crippen LogP contribution in [0.25, 0.3) is 0 Å². The number of rotatable bonds is 8. The maximum Gasteiger partial charge on any atom is 0.278 e. The second kappa shape index (κ2) is 10.1. The number of fused-ring (bicyclic) bond motifs is 2. The molecule has 0 radical (unpaired) electrons. The Kier molecular flexibility index (Phi) is 6.90. The van der Waals surface area contributed by atoms with Crippen LogP contribution >= 0.6 is 23.3 Å². The van der Waals surface area contributed by atoms with E-state index in [1.807, 2.05) is 11.7 Å². The van der Waals surface area contributed by atoms with Gasteiger partial charge in [-0.1, -0.05) is 5.16 Å². The summed E-state index contributed by atoms with van der Waals surface area (Å²) in [6.07, 6.45) is 6.33. The third kappa shape index (κ3) is 4.56. The van der Waals surface area contributed by atoms with E-state index in [-0.39, 0.29) is 29.0 Å². The van der Waals surface area contributed by atoms with Crippen LogP contribution in [0.2, 0.25) is 0 Å². The van der Waals surface area contributed by atoms with E-state index >= 15 is 0 Å². The minimum atomic E-state index is -1.42. The topological polar surface area (TPSA) is 172 Å². The highest BCUT2D eigenvalue weighted by Gasteiger charge is 2.53. The number of aryl methyl sites for hydroxylation is 1. The number of nitrogens with zero attached hydrogens (tertiary/aromatic N) is 6. The Hall–Kier alpha value is -3.46. The van der Waals surface area contributed by atoms with E-state index in [1.165, 1.54) is 27.9 Å². The van der Waals surface area contributed by atoms with Crippen molar-refractivity contribution in [1.29, 1.82) is 0 Å². The first-order chi connectivity index (χ1) is 17.8. The molecule has 0 spiro atoms. The molecule has 0 saturated carbocycles. The monoisotopic (exact) mass is 546 g/mol. The van der Waals surface area contributed by atoms with Gasteiger partial charge in [-0.15, -0.1) is 16.4 Å². The van der Waals surface area contributed by atoms with Crippen LogP contribution in [0.5, 0.6) is 0 Å². The quantitative estimate of drug-likeness (QED) is 0.172. The average Bonchev–Trinajstić information content (AvgIpc) is 3.45. The molecule has 15 heteroatoms. The van der Waals surface area contributed by atoms with Gasteiger partial charge >= 0.3 is 0 Å². The summed E-state index contributed by atoms with van der Waals surface area (Å²) in [7, 11) is 1.97. The van der Waals surface area contributed by atoms with Crippen molar-refractivity contribution in [2.75, 3.05) is 18.1 Å². The van der Waals surface area contributed by atoms with E-state index < -0.39 is 29.2 Å². The van der Waals surface area contributed by atoms with Crippen molar-refractivity contribution < 1.29 is 29.0 Å². The van der Waals surface area contributed by atoms with Crippen LogP contribution in [0.1, 0.15) is 36.8 Å². The molecule has 37 heavy (non-hydrogen) atoms. The van der Waals surface area contributed by atoms with Crippen LogP contribution in [0.3, 0.4) is 0 Å². The lowest BCUT2D eigenvalue weighted by atomic mass is 9.98. The van der Waals surface area contributed by atoms with Gasteiger partial charge in [-0.3, -0.25) is 14.5 Å². The fourth-order valence-corrected chi connectivity index (χ4v) is 6.61. The lowest BCUT2D eigenvalue weighted by molar-refractivity contribution is -0.767. The molecule has 2 aliphatic heterocycles. The first-order valence-corrected chi connectivity index (χ1v) is 13.7. The normalized spacial score (nSPS) is 21.3. The molecule has 1 aliphatic carbocycles. The number of oxime groups is 1. The lowest BCUT2D eigenvalue weighted by Gasteiger charge is -2.50. The molecule has 2 amide bonds. The number of carbonyl (C=O) groups excluding carboxylic acids is 3. The molecule has 3 N–H and O–H groups in total. The van der Waals surface area contributed by atoms with E-state index in [2.05, 4.69) is 30.7 Å². The number of carbonyl (C=O) groups is 3. The van der Waals surface area contributed by atoms with Gasteiger partial charge in [-0.25, -0.2) is 0 Å². The highest BCUT2D eigenvalue weighted by molar-refractivity contribution is 8.00. The summed E-state index contributed by atoms with van der Waals surface area (Å²) in [4.78, 5) is 48.4. The minimum absolute atomic E-state index is 0.0201. The van der Waals surface area contributed by atoms with Gasteiger partial charge in [-0.05, 0) is 32.6 Å². The predicted molar refractivity (Wildman–Crippen MR) is 132 cm³/mol. The minimum Gasteiger partial charge on any atom is -0.543 e. The van der Waals surface area contributed by atoms with Crippen molar-refractivity contribution in [2.24, 2.45) is 12.2 Å². The number of anilines is 1. The molecule has 5 rings (SSSR count). The number of β-lactam (4-membered cyclic amide) rings is 1. The highest BCUT2D eigenvalue weighted by Crippen LogP contribution is 2.40. The molecule has 2 atom stereocenters. The third-order valence-corrected chi connectivity index (χ3v) is 8.48. The molecule has 1 saturated heterocycles. The van der Waals surface area contributed by atoms with Crippen LogP contribution in [0.4, 0.5) is 5.13 Å². The maximum absolute atomic E-state index is 13.1. The SMILES string of the molecule is CCON=C(C(=O)NC1C(=O)N2C(C(=O)[O-])=C(C[n+]3cc4c(n3C)CCCC4)CS[C@H]12)c1nsc(N)n1. The van der Waals surface area contributed by atoms with Crippen molar-refractivity contribution in [3.8, 4) is 0 Å². The number of nitrogens with one attached hydrogen (secondary N) is 1. The number of carboxylic acid groups (broad SMARTS) is 1. The zero-order valence-electron chi connectivity index (χ0n) is 20.3. The fraction of sp³-hybridized carbons (Fsp3) is 0.500. The van der Waals surface area contributed by atoms with Gasteiger partial charge in [0.1, 0.15) is 18.0 Å². The molecule has 1 fully saturated rings.